The predicted octanol–water partition coefficient (Wildman–Crippen LogP) is 2.16. The molecule has 0 aromatic rings. The highest BCUT2D eigenvalue weighted by Gasteiger charge is 2.28. The van der Waals surface area contributed by atoms with Crippen molar-refractivity contribution in [3.05, 3.63) is 0 Å². The van der Waals surface area contributed by atoms with Gasteiger partial charge in [-0.1, -0.05) is 0 Å². The molecule has 94 valence electrons. The summed E-state index contributed by atoms with van der Waals surface area (Å²) < 4.78 is 5.30. The molecule has 1 amide bonds. The first kappa shape index (κ1) is 13.3. The Hall–Kier alpha value is -0.770. The number of rotatable bonds is 1. The number of hydrogen-bond donors (Lipinski definition) is 1. The molecule has 1 N–H and O–H groups in total. The van der Waals surface area contributed by atoms with Crippen LogP contribution in [-0.4, -0.2) is 40.9 Å². The molecular weight excluding hydrogens is 206 g/mol. The Balaban J connectivity index is 2.45. The fourth-order valence-corrected chi connectivity index (χ4v) is 1.93. The second-order valence-electron chi connectivity index (χ2n) is 5.55. The number of ether oxygens (including phenoxy) is 1. The van der Waals surface area contributed by atoms with E-state index in [1.165, 1.54) is 0 Å². The first-order valence-electron chi connectivity index (χ1n) is 5.93. The van der Waals surface area contributed by atoms with Crippen LogP contribution in [0.15, 0.2) is 0 Å². The molecule has 0 aromatic heterocycles. The molecule has 0 aliphatic heterocycles. The number of aliphatic hydroxyl groups is 1. The molecule has 1 rings (SSSR count). The Morgan fingerprint density at radius 1 is 1.25 bits per heavy atom. The number of aliphatic hydroxyl groups excluding tert-OH is 1. The van der Waals surface area contributed by atoms with Crippen LogP contribution >= 0.6 is 0 Å². The highest BCUT2D eigenvalue weighted by atomic mass is 16.6. The summed E-state index contributed by atoms with van der Waals surface area (Å²) in [6, 6.07) is 0.207. The van der Waals surface area contributed by atoms with E-state index in [1.807, 2.05) is 20.8 Å². The summed E-state index contributed by atoms with van der Waals surface area (Å²) >= 11 is 0. The molecule has 1 aliphatic carbocycles. The Morgan fingerprint density at radius 3 is 2.19 bits per heavy atom. The Labute approximate surface area is 97.6 Å². The SMILES string of the molecule is CN(C(=O)OC(C)(C)C)C1CCC(O)CC1. The van der Waals surface area contributed by atoms with Gasteiger partial charge in [0, 0.05) is 13.1 Å². The normalized spacial score (nSPS) is 26.3. The Bertz CT molecular complexity index is 239. The highest BCUT2D eigenvalue weighted by Crippen LogP contribution is 2.23. The van der Waals surface area contributed by atoms with Crippen LogP contribution in [0.2, 0.25) is 0 Å². The average Bonchev–Trinajstić information content (AvgIpc) is 2.15. The molecule has 0 radical (unpaired) electrons. The molecule has 4 nitrogen and oxygen atoms in total. The first-order valence-corrected chi connectivity index (χ1v) is 5.93. The lowest BCUT2D eigenvalue weighted by molar-refractivity contribution is 0.0122. The van der Waals surface area contributed by atoms with Crippen LogP contribution in [0.1, 0.15) is 46.5 Å². The van der Waals surface area contributed by atoms with Gasteiger partial charge in [0.25, 0.3) is 0 Å². The lowest BCUT2D eigenvalue weighted by atomic mass is 9.92. The lowest BCUT2D eigenvalue weighted by Gasteiger charge is -2.34. The molecule has 0 saturated heterocycles. The van der Waals surface area contributed by atoms with Crippen LogP contribution in [0.25, 0.3) is 0 Å². The van der Waals surface area contributed by atoms with E-state index < -0.39 is 5.60 Å². The monoisotopic (exact) mass is 229 g/mol. The number of nitrogens with zero attached hydrogens (tertiary/aromatic N) is 1. The van der Waals surface area contributed by atoms with Crippen molar-refractivity contribution in [3.8, 4) is 0 Å². The van der Waals surface area contributed by atoms with Crippen molar-refractivity contribution in [3.63, 3.8) is 0 Å². The molecule has 0 heterocycles. The van der Waals surface area contributed by atoms with Crippen LogP contribution in [0, 0.1) is 0 Å². The third-order valence-corrected chi connectivity index (χ3v) is 2.90. The Morgan fingerprint density at radius 2 is 1.75 bits per heavy atom. The minimum atomic E-state index is -0.445. The van der Waals surface area contributed by atoms with Gasteiger partial charge in [-0.2, -0.15) is 0 Å². The fourth-order valence-electron chi connectivity index (χ4n) is 1.93. The number of carbonyl (C=O) groups excluding carboxylic acids is 1. The summed E-state index contributed by atoms with van der Waals surface area (Å²) in [5.74, 6) is 0. The quantitative estimate of drug-likeness (QED) is 0.749. The van der Waals surface area contributed by atoms with E-state index in [1.54, 1.807) is 11.9 Å². The van der Waals surface area contributed by atoms with Crippen LogP contribution in [0.3, 0.4) is 0 Å². The van der Waals surface area contributed by atoms with Crippen molar-refractivity contribution in [2.24, 2.45) is 0 Å². The summed E-state index contributed by atoms with van der Waals surface area (Å²) in [5.41, 5.74) is -0.445. The predicted molar refractivity (Wildman–Crippen MR) is 62.3 cm³/mol. The molecule has 1 aliphatic rings. The van der Waals surface area contributed by atoms with Gasteiger partial charge in [0.1, 0.15) is 5.60 Å². The molecule has 4 heteroatoms. The maximum absolute atomic E-state index is 11.8. The molecule has 0 bridgehead atoms. The minimum absolute atomic E-state index is 0.191. The summed E-state index contributed by atoms with van der Waals surface area (Å²) in [7, 11) is 1.77. The van der Waals surface area contributed by atoms with Crippen molar-refractivity contribution < 1.29 is 14.6 Å². The number of carbonyl (C=O) groups is 1. The molecule has 0 unspecified atom stereocenters. The van der Waals surface area contributed by atoms with Gasteiger partial charge in [0.05, 0.1) is 6.10 Å². The highest BCUT2D eigenvalue weighted by molar-refractivity contribution is 5.68. The molecular formula is C12H23NO3. The third-order valence-electron chi connectivity index (χ3n) is 2.90. The van der Waals surface area contributed by atoms with Crippen molar-refractivity contribution in [1.29, 1.82) is 0 Å². The third kappa shape index (κ3) is 4.00. The van der Waals surface area contributed by atoms with E-state index in [4.69, 9.17) is 4.74 Å². The van der Waals surface area contributed by atoms with Crippen molar-refractivity contribution in [1.82, 2.24) is 4.90 Å². The standard InChI is InChI=1S/C12H23NO3/c1-12(2,3)16-11(15)13(4)9-5-7-10(14)8-6-9/h9-10,14H,5-8H2,1-4H3. The van der Waals surface area contributed by atoms with Crippen LogP contribution in [-0.2, 0) is 4.74 Å². The number of amides is 1. The van der Waals surface area contributed by atoms with Gasteiger partial charge in [-0.15, -0.1) is 0 Å². The van der Waals surface area contributed by atoms with Gasteiger partial charge in [-0.05, 0) is 46.5 Å². The second-order valence-corrected chi connectivity index (χ2v) is 5.55. The van der Waals surface area contributed by atoms with Gasteiger partial charge >= 0.3 is 6.09 Å². The van der Waals surface area contributed by atoms with Crippen molar-refractivity contribution in [2.45, 2.75) is 64.2 Å². The minimum Gasteiger partial charge on any atom is -0.444 e. The summed E-state index contributed by atoms with van der Waals surface area (Å²) in [6.45, 7) is 5.59. The summed E-state index contributed by atoms with van der Waals surface area (Å²) in [5, 5.41) is 9.40. The van der Waals surface area contributed by atoms with E-state index in [2.05, 4.69) is 0 Å². The van der Waals surface area contributed by atoms with Crippen molar-refractivity contribution in [2.75, 3.05) is 7.05 Å². The number of hydrogen-bond acceptors (Lipinski definition) is 3. The Kier molecular flexibility index (Phi) is 4.19. The topological polar surface area (TPSA) is 49.8 Å². The molecule has 0 atom stereocenters. The van der Waals surface area contributed by atoms with Gasteiger partial charge in [-0.3, -0.25) is 0 Å². The van der Waals surface area contributed by atoms with E-state index >= 15 is 0 Å². The molecule has 16 heavy (non-hydrogen) atoms. The molecule has 1 saturated carbocycles. The average molecular weight is 229 g/mol. The van der Waals surface area contributed by atoms with Gasteiger partial charge in [0.15, 0.2) is 0 Å². The zero-order valence-electron chi connectivity index (χ0n) is 10.7. The summed E-state index contributed by atoms with van der Waals surface area (Å²) in [4.78, 5) is 13.4. The van der Waals surface area contributed by atoms with Crippen LogP contribution in [0.4, 0.5) is 4.79 Å². The lowest BCUT2D eigenvalue weighted by Crippen LogP contribution is -2.42. The molecule has 0 spiro atoms. The van der Waals surface area contributed by atoms with E-state index in [-0.39, 0.29) is 18.2 Å². The van der Waals surface area contributed by atoms with Gasteiger partial charge in [0.2, 0.25) is 0 Å². The van der Waals surface area contributed by atoms with E-state index in [9.17, 15) is 9.90 Å². The largest absolute Gasteiger partial charge is 0.444 e. The maximum Gasteiger partial charge on any atom is 0.410 e. The molecule has 0 aromatic carbocycles. The fraction of sp³-hybridized carbons (Fsp3) is 0.917. The van der Waals surface area contributed by atoms with Crippen molar-refractivity contribution >= 4 is 6.09 Å². The van der Waals surface area contributed by atoms with Crippen LogP contribution < -0.4 is 0 Å². The van der Waals surface area contributed by atoms with Gasteiger partial charge < -0.3 is 14.7 Å². The van der Waals surface area contributed by atoms with Crippen LogP contribution in [0.5, 0.6) is 0 Å². The summed E-state index contributed by atoms with van der Waals surface area (Å²) in [6.07, 6.45) is 2.81. The second kappa shape index (κ2) is 5.04. The van der Waals surface area contributed by atoms with E-state index in [0.717, 1.165) is 25.7 Å². The first-order chi connectivity index (χ1) is 7.29. The molecule has 1 fully saturated rings. The van der Waals surface area contributed by atoms with E-state index in [0.29, 0.717) is 0 Å². The maximum atomic E-state index is 11.8. The zero-order chi connectivity index (χ0) is 12.3. The smallest absolute Gasteiger partial charge is 0.410 e. The van der Waals surface area contributed by atoms with Gasteiger partial charge in [-0.25, -0.2) is 4.79 Å². The zero-order valence-corrected chi connectivity index (χ0v) is 10.7.